The van der Waals surface area contributed by atoms with Crippen LogP contribution in [-0.4, -0.2) is 38.4 Å². The molecular formula is C21H23F3O7S. The molecule has 0 aromatic heterocycles. The first kappa shape index (κ1) is 25.6. The average Bonchev–Trinajstić information content (AvgIpc) is 2.64. The first-order valence-corrected chi connectivity index (χ1v) is 10.9. The predicted octanol–water partition coefficient (Wildman–Crippen LogP) is 4.61. The predicted molar refractivity (Wildman–Crippen MR) is 110 cm³/mol. The van der Waals surface area contributed by atoms with E-state index < -0.39 is 39.1 Å². The third-order valence-corrected chi connectivity index (χ3v) is 5.16. The molecule has 0 unspecified atom stereocenters. The molecule has 0 N–H and O–H groups in total. The second-order valence-corrected chi connectivity index (χ2v) is 9.42. The molecule has 32 heavy (non-hydrogen) atoms. The van der Waals surface area contributed by atoms with Gasteiger partial charge >= 0.3 is 21.6 Å². The number of alkyl halides is 3. The van der Waals surface area contributed by atoms with Crippen molar-refractivity contribution in [1.29, 1.82) is 0 Å². The lowest BCUT2D eigenvalue weighted by Crippen LogP contribution is -2.31. The summed E-state index contributed by atoms with van der Waals surface area (Å²) >= 11 is 0. The summed E-state index contributed by atoms with van der Waals surface area (Å²) in [6.07, 6.45) is -1.05. The smallest absolute Gasteiger partial charge is 0.464 e. The summed E-state index contributed by atoms with van der Waals surface area (Å²) < 4.78 is 78.6. The van der Waals surface area contributed by atoms with Gasteiger partial charge in [-0.1, -0.05) is 12.1 Å². The zero-order valence-corrected chi connectivity index (χ0v) is 18.9. The number of hydrogen-bond acceptors (Lipinski definition) is 7. The van der Waals surface area contributed by atoms with Gasteiger partial charge in [-0.05, 0) is 57.7 Å². The Hall–Kier alpha value is -2.66. The van der Waals surface area contributed by atoms with Crippen LogP contribution in [0.1, 0.15) is 55.3 Å². The van der Waals surface area contributed by atoms with Crippen molar-refractivity contribution in [3.63, 3.8) is 0 Å². The van der Waals surface area contributed by atoms with Gasteiger partial charge in [0.05, 0.1) is 12.2 Å². The van der Waals surface area contributed by atoms with Gasteiger partial charge in [0.2, 0.25) is 0 Å². The van der Waals surface area contributed by atoms with Crippen molar-refractivity contribution in [3.8, 4) is 5.75 Å². The first-order valence-electron chi connectivity index (χ1n) is 9.49. The van der Waals surface area contributed by atoms with Crippen molar-refractivity contribution in [2.75, 3.05) is 6.61 Å². The van der Waals surface area contributed by atoms with Crippen molar-refractivity contribution < 1.29 is 44.8 Å². The number of aldehydes is 1. The van der Waals surface area contributed by atoms with Gasteiger partial charge in [-0.3, -0.25) is 4.79 Å². The van der Waals surface area contributed by atoms with E-state index in [-0.39, 0.29) is 34.1 Å². The summed E-state index contributed by atoms with van der Waals surface area (Å²) in [5.74, 6) is -1.65. The van der Waals surface area contributed by atoms with Crippen molar-refractivity contribution in [2.24, 2.45) is 0 Å². The largest absolute Gasteiger partial charge is 0.534 e. The first-order chi connectivity index (χ1) is 14.6. The molecule has 11 heteroatoms. The quantitative estimate of drug-likeness (QED) is 0.249. The van der Waals surface area contributed by atoms with E-state index in [0.717, 1.165) is 0 Å². The Kier molecular flexibility index (Phi) is 7.25. The van der Waals surface area contributed by atoms with Crippen molar-refractivity contribution in [3.05, 3.63) is 41.0 Å². The molecule has 2 aromatic carbocycles. The van der Waals surface area contributed by atoms with Crippen LogP contribution in [0.3, 0.4) is 0 Å². The highest BCUT2D eigenvalue weighted by Gasteiger charge is 2.49. The Morgan fingerprint density at radius 1 is 1.16 bits per heavy atom. The van der Waals surface area contributed by atoms with E-state index >= 15 is 0 Å². The summed E-state index contributed by atoms with van der Waals surface area (Å²) in [6.45, 7) is 7.77. The number of benzene rings is 2. The number of halogens is 3. The van der Waals surface area contributed by atoms with Gasteiger partial charge in [-0.2, -0.15) is 21.6 Å². The van der Waals surface area contributed by atoms with Crippen LogP contribution in [0.4, 0.5) is 13.2 Å². The second-order valence-electron chi connectivity index (χ2n) is 7.88. The van der Waals surface area contributed by atoms with E-state index in [9.17, 15) is 31.2 Å². The van der Waals surface area contributed by atoms with Gasteiger partial charge in [-0.25, -0.2) is 4.79 Å². The molecule has 2 rings (SSSR count). The zero-order valence-electron chi connectivity index (χ0n) is 18.1. The highest BCUT2D eigenvalue weighted by molar-refractivity contribution is 7.88. The molecule has 0 saturated carbocycles. The van der Waals surface area contributed by atoms with Crippen LogP contribution in [0, 0.1) is 6.92 Å². The van der Waals surface area contributed by atoms with E-state index in [4.69, 9.17) is 9.47 Å². The molecule has 7 nitrogen and oxygen atoms in total. The average molecular weight is 476 g/mol. The maximum absolute atomic E-state index is 13.1. The molecule has 0 aliphatic heterocycles. The normalized spacial score (nSPS) is 13.6. The lowest BCUT2D eigenvalue weighted by molar-refractivity contribution is -0.167. The molecule has 0 aliphatic rings. The van der Waals surface area contributed by atoms with Gasteiger partial charge in [0.1, 0.15) is 6.29 Å². The van der Waals surface area contributed by atoms with Crippen LogP contribution in [0.5, 0.6) is 5.75 Å². The molecule has 0 fully saturated rings. The fraction of sp³-hybridized carbons (Fsp3) is 0.429. The Bertz CT molecular complexity index is 1130. The molecule has 0 saturated heterocycles. The van der Waals surface area contributed by atoms with E-state index in [2.05, 4.69) is 4.18 Å². The summed E-state index contributed by atoms with van der Waals surface area (Å²) in [5.41, 5.74) is -6.48. The molecule has 0 heterocycles. The van der Waals surface area contributed by atoms with E-state index in [1.807, 2.05) is 0 Å². The van der Waals surface area contributed by atoms with E-state index in [1.54, 1.807) is 20.8 Å². The third kappa shape index (κ3) is 5.57. The molecule has 0 bridgehead atoms. The van der Waals surface area contributed by atoms with Gasteiger partial charge in [0, 0.05) is 16.5 Å². The van der Waals surface area contributed by atoms with E-state index in [0.29, 0.717) is 6.29 Å². The minimum atomic E-state index is -6.09. The number of aryl methyl sites for hydroxylation is 1. The molecule has 1 atom stereocenters. The summed E-state index contributed by atoms with van der Waals surface area (Å²) in [5, 5.41) is 0.178. The minimum absolute atomic E-state index is 0.0464. The molecular weight excluding hydrogens is 453 g/mol. The Balaban J connectivity index is 2.92. The van der Waals surface area contributed by atoms with Crippen molar-refractivity contribution >= 4 is 33.1 Å². The lowest BCUT2D eigenvalue weighted by Gasteiger charge is -2.29. The molecule has 0 aliphatic carbocycles. The maximum Gasteiger partial charge on any atom is 0.534 e. The van der Waals surface area contributed by atoms with E-state index in [1.165, 1.54) is 38.1 Å². The van der Waals surface area contributed by atoms with Crippen LogP contribution in [0.15, 0.2) is 24.3 Å². The Morgan fingerprint density at radius 3 is 2.28 bits per heavy atom. The third-order valence-electron chi connectivity index (χ3n) is 4.21. The molecule has 2 aromatic rings. The number of rotatable bonds is 7. The maximum atomic E-state index is 13.1. The van der Waals surface area contributed by atoms with Crippen LogP contribution in [0.2, 0.25) is 0 Å². The van der Waals surface area contributed by atoms with Crippen LogP contribution < -0.4 is 4.18 Å². The van der Waals surface area contributed by atoms with Crippen molar-refractivity contribution in [2.45, 2.75) is 51.8 Å². The number of hydrogen-bond donors (Lipinski definition) is 0. The number of carbonyl (C=O) groups excluding carboxylic acids is 2. The van der Waals surface area contributed by atoms with Gasteiger partial charge in [0.25, 0.3) is 0 Å². The van der Waals surface area contributed by atoms with Crippen LogP contribution >= 0.6 is 0 Å². The summed E-state index contributed by atoms with van der Waals surface area (Å²) in [7, 11) is -6.09. The molecule has 176 valence electrons. The SMILES string of the molecule is CCOC(=O)[C@@H](OC(C)(C)C)c1c(C)cc2cc(C=O)ccc2c1OS(=O)(=O)C(F)(F)F. The zero-order chi connectivity index (χ0) is 24.5. The molecule has 0 spiro atoms. The number of fused-ring (bicyclic) bond motifs is 1. The second kappa shape index (κ2) is 9.07. The Labute approximate surface area is 183 Å². The minimum Gasteiger partial charge on any atom is -0.464 e. The summed E-state index contributed by atoms with van der Waals surface area (Å²) in [4.78, 5) is 23.8. The topological polar surface area (TPSA) is 96.0 Å². The van der Waals surface area contributed by atoms with Crippen LogP contribution in [0.25, 0.3) is 10.8 Å². The fourth-order valence-electron chi connectivity index (χ4n) is 2.98. The van der Waals surface area contributed by atoms with Gasteiger partial charge in [0.15, 0.2) is 11.9 Å². The number of esters is 1. The summed E-state index contributed by atoms with van der Waals surface area (Å²) in [6, 6.07) is 5.37. The molecule has 0 radical (unpaired) electrons. The van der Waals surface area contributed by atoms with Crippen molar-refractivity contribution in [1.82, 2.24) is 0 Å². The number of carbonyl (C=O) groups is 2. The highest BCUT2D eigenvalue weighted by Crippen LogP contribution is 2.42. The Morgan fingerprint density at radius 2 is 1.78 bits per heavy atom. The monoisotopic (exact) mass is 476 g/mol. The highest BCUT2D eigenvalue weighted by atomic mass is 32.2. The fourth-order valence-corrected chi connectivity index (χ4v) is 3.48. The molecule has 0 amide bonds. The van der Waals surface area contributed by atoms with Gasteiger partial charge in [-0.15, -0.1) is 0 Å². The lowest BCUT2D eigenvalue weighted by atomic mass is 9.95. The van der Waals surface area contributed by atoms with Crippen LogP contribution in [-0.2, 0) is 24.4 Å². The van der Waals surface area contributed by atoms with Gasteiger partial charge < -0.3 is 13.7 Å². The number of ether oxygens (including phenoxy) is 2. The standard InChI is InChI=1S/C21H23F3O7S/c1-6-29-19(26)18(30-20(3,4)5)16-12(2)9-14-10-13(11-25)7-8-15(14)17(16)31-32(27,28)21(22,23)24/h7-11,18H,6H2,1-5H3/t18-/m0/s1.